The van der Waals surface area contributed by atoms with Gasteiger partial charge >= 0.3 is 0 Å². The summed E-state index contributed by atoms with van der Waals surface area (Å²) in [4.78, 5) is 13.0. The average molecular weight is 267 g/mol. The van der Waals surface area contributed by atoms with E-state index >= 15 is 0 Å². The molecule has 0 spiro atoms. The minimum Gasteiger partial charge on any atom is -0.383 e. The van der Waals surface area contributed by atoms with Gasteiger partial charge in [0.2, 0.25) is 5.95 Å². The standard InChI is InChI=1S/C13H25N5O/c1-17(2)6-7-18(3)13-15-10-12(11-16-13)9-14-5-8-19-4/h10-11,14H,5-9H2,1-4H3. The highest BCUT2D eigenvalue weighted by atomic mass is 16.5. The number of ether oxygens (including phenoxy) is 1. The van der Waals surface area contributed by atoms with E-state index in [1.54, 1.807) is 7.11 Å². The maximum absolute atomic E-state index is 4.97. The van der Waals surface area contributed by atoms with Crippen LogP contribution in [0.3, 0.4) is 0 Å². The summed E-state index contributed by atoms with van der Waals surface area (Å²) in [5, 5.41) is 3.27. The molecule has 0 atom stereocenters. The Labute approximate surface area is 115 Å². The Kier molecular flexibility index (Phi) is 7.32. The monoisotopic (exact) mass is 267 g/mol. The van der Waals surface area contributed by atoms with Crippen LogP contribution < -0.4 is 10.2 Å². The molecule has 6 nitrogen and oxygen atoms in total. The van der Waals surface area contributed by atoms with E-state index in [0.29, 0.717) is 6.61 Å². The van der Waals surface area contributed by atoms with E-state index in [4.69, 9.17) is 4.74 Å². The minimum atomic E-state index is 0.714. The molecule has 1 heterocycles. The lowest BCUT2D eigenvalue weighted by molar-refractivity contribution is 0.199. The second-order valence-corrected chi connectivity index (χ2v) is 4.79. The summed E-state index contributed by atoms with van der Waals surface area (Å²) in [6.45, 7) is 4.22. The fourth-order valence-corrected chi connectivity index (χ4v) is 1.49. The van der Waals surface area contributed by atoms with Crippen LogP contribution in [0.4, 0.5) is 5.95 Å². The lowest BCUT2D eigenvalue weighted by Gasteiger charge is -2.19. The lowest BCUT2D eigenvalue weighted by atomic mass is 10.3. The molecule has 1 N–H and O–H groups in total. The third-order valence-corrected chi connectivity index (χ3v) is 2.73. The van der Waals surface area contributed by atoms with Crippen LogP contribution in [0.5, 0.6) is 0 Å². The first-order valence-corrected chi connectivity index (χ1v) is 6.50. The van der Waals surface area contributed by atoms with Crippen molar-refractivity contribution in [2.24, 2.45) is 0 Å². The number of aromatic nitrogens is 2. The summed E-state index contributed by atoms with van der Waals surface area (Å²) >= 11 is 0. The summed E-state index contributed by atoms with van der Waals surface area (Å²) in [7, 11) is 7.82. The van der Waals surface area contributed by atoms with Crippen LogP contribution in [0.1, 0.15) is 5.56 Å². The van der Waals surface area contributed by atoms with Gasteiger partial charge in [-0.2, -0.15) is 0 Å². The van der Waals surface area contributed by atoms with Crippen molar-refractivity contribution < 1.29 is 4.74 Å². The topological polar surface area (TPSA) is 53.5 Å². The first-order valence-electron chi connectivity index (χ1n) is 6.50. The molecule has 0 fully saturated rings. The van der Waals surface area contributed by atoms with Crippen molar-refractivity contribution in [3.63, 3.8) is 0 Å². The van der Waals surface area contributed by atoms with Gasteiger partial charge in [-0.25, -0.2) is 9.97 Å². The molecule has 0 radical (unpaired) electrons. The van der Waals surface area contributed by atoms with Crippen LogP contribution in [0.15, 0.2) is 12.4 Å². The van der Waals surface area contributed by atoms with Gasteiger partial charge in [0.25, 0.3) is 0 Å². The van der Waals surface area contributed by atoms with Gasteiger partial charge in [-0.15, -0.1) is 0 Å². The number of likely N-dealkylation sites (N-methyl/N-ethyl adjacent to an activating group) is 2. The summed E-state index contributed by atoms with van der Waals surface area (Å²) in [6, 6.07) is 0. The largest absolute Gasteiger partial charge is 0.383 e. The number of hydrogen-bond donors (Lipinski definition) is 1. The molecule has 1 rings (SSSR count). The van der Waals surface area contributed by atoms with Crippen LogP contribution in [0, 0.1) is 0 Å². The number of methoxy groups -OCH3 is 1. The molecular formula is C13H25N5O. The summed E-state index contributed by atoms with van der Waals surface area (Å²) < 4.78 is 4.97. The van der Waals surface area contributed by atoms with Gasteiger partial charge in [0.15, 0.2) is 0 Å². The van der Waals surface area contributed by atoms with E-state index < -0.39 is 0 Å². The lowest BCUT2D eigenvalue weighted by Crippen LogP contribution is -2.29. The predicted molar refractivity (Wildman–Crippen MR) is 77.4 cm³/mol. The van der Waals surface area contributed by atoms with E-state index in [2.05, 4.69) is 39.2 Å². The van der Waals surface area contributed by atoms with E-state index in [-0.39, 0.29) is 0 Å². The zero-order valence-corrected chi connectivity index (χ0v) is 12.4. The number of anilines is 1. The van der Waals surface area contributed by atoms with E-state index in [9.17, 15) is 0 Å². The first kappa shape index (κ1) is 15.8. The van der Waals surface area contributed by atoms with Crippen molar-refractivity contribution in [3.8, 4) is 0 Å². The Bertz CT molecular complexity index is 341. The Morgan fingerprint density at radius 3 is 2.42 bits per heavy atom. The summed E-state index contributed by atoms with van der Waals surface area (Å²) in [6.07, 6.45) is 3.74. The third-order valence-electron chi connectivity index (χ3n) is 2.73. The minimum absolute atomic E-state index is 0.714. The molecule has 108 valence electrons. The van der Waals surface area contributed by atoms with Crippen LogP contribution >= 0.6 is 0 Å². The van der Waals surface area contributed by atoms with Gasteiger partial charge in [0.05, 0.1) is 6.61 Å². The van der Waals surface area contributed by atoms with E-state index in [1.165, 1.54) is 0 Å². The third kappa shape index (κ3) is 6.47. The average Bonchev–Trinajstić information content (AvgIpc) is 2.41. The van der Waals surface area contributed by atoms with Crippen molar-refractivity contribution in [3.05, 3.63) is 18.0 Å². The molecule has 0 aliphatic rings. The molecule has 0 saturated heterocycles. The zero-order valence-electron chi connectivity index (χ0n) is 12.4. The fourth-order valence-electron chi connectivity index (χ4n) is 1.49. The SMILES string of the molecule is COCCNCc1cnc(N(C)CCN(C)C)nc1. The molecule has 0 aliphatic carbocycles. The number of nitrogens with zero attached hydrogens (tertiary/aromatic N) is 4. The van der Waals surface area contributed by atoms with Gasteiger partial charge in [-0.05, 0) is 14.1 Å². The second-order valence-electron chi connectivity index (χ2n) is 4.79. The van der Waals surface area contributed by atoms with Gasteiger partial charge in [-0.1, -0.05) is 0 Å². The van der Waals surface area contributed by atoms with Crippen molar-refractivity contribution in [2.45, 2.75) is 6.54 Å². The smallest absolute Gasteiger partial charge is 0.225 e. The molecule has 0 bridgehead atoms. The number of hydrogen-bond acceptors (Lipinski definition) is 6. The number of nitrogens with one attached hydrogen (secondary N) is 1. The van der Waals surface area contributed by atoms with Crippen molar-refractivity contribution in [1.82, 2.24) is 20.2 Å². The zero-order chi connectivity index (χ0) is 14.1. The highest BCUT2D eigenvalue weighted by Gasteiger charge is 2.04. The second kappa shape index (κ2) is 8.79. The Hall–Kier alpha value is -1.24. The fraction of sp³-hybridized carbons (Fsp3) is 0.692. The highest BCUT2D eigenvalue weighted by molar-refractivity contribution is 5.28. The molecule has 0 aliphatic heterocycles. The van der Waals surface area contributed by atoms with Crippen molar-refractivity contribution in [1.29, 1.82) is 0 Å². The number of rotatable bonds is 9. The Morgan fingerprint density at radius 1 is 1.16 bits per heavy atom. The molecular weight excluding hydrogens is 242 g/mol. The Morgan fingerprint density at radius 2 is 1.84 bits per heavy atom. The maximum atomic E-state index is 4.97. The van der Waals surface area contributed by atoms with Gasteiger partial charge in [-0.3, -0.25) is 0 Å². The van der Waals surface area contributed by atoms with Crippen LogP contribution in [-0.4, -0.2) is 69.4 Å². The van der Waals surface area contributed by atoms with Crippen molar-refractivity contribution in [2.75, 3.05) is 59.4 Å². The highest BCUT2D eigenvalue weighted by Crippen LogP contribution is 2.04. The summed E-state index contributed by atoms with van der Waals surface area (Å²) in [5.74, 6) is 0.766. The van der Waals surface area contributed by atoms with Gasteiger partial charge in [0, 0.05) is 58.3 Å². The molecule has 6 heteroatoms. The molecule has 0 saturated carbocycles. The van der Waals surface area contributed by atoms with Gasteiger partial charge < -0.3 is 19.9 Å². The quantitative estimate of drug-likeness (QED) is 0.646. The maximum Gasteiger partial charge on any atom is 0.225 e. The van der Waals surface area contributed by atoms with Crippen molar-refractivity contribution >= 4 is 5.95 Å². The molecule has 0 amide bonds. The van der Waals surface area contributed by atoms with E-state index in [1.807, 2.05) is 19.4 Å². The van der Waals surface area contributed by atoms with Crippen LogP contribution in [-0.2, 0) is 11.3 Å². The van der Waals surface area contributed by atoms with Crippen LogP contribution in [0.2, 0.25) is 0 Å². The first-order chi connectivity index (χ1) is 9.13. The Balaban J connectivity index is 2.37. The van der Waals surface area contributed by atoms with Crippen LogP contribution in [0.25, 0.3) is 0 Å². The normalized spacial score (nSPS) is 11.0. The molecule has 0 aromatic carbocycles. The van der Waals surface area contributed by atoms with E-state index in [0.717, 1.165) is 37.7 Å². The predicted octanol–water partition coefficient (Wildman–Crippen LogP) is 0.210. The summed E-state index contributed by atoms with van der Waals surface area (Å²) in [5.41, 5.74) is 1.08. The molecule has 0 unspecified atom stereocenters. The van der Waals surface area contributed by atoms with Gasteiger partial charge in [0.1, 0.15) is 0 Å². The molecule has 1 aromatic heterocycles. The molecule has 1 aromatic rings. The molecule has 19 heavy (non-hydrogen) atoms.